The van der Waals surface area contributed by atoms with Crippen LogP contribution in [0.5, 0.6) is 5.75 Å². The van der Waals surface area contributed by atoms with Crippen molar-refractivity contribution in [1.82, 2.24) is 14.8 Å². The lowest BCUT2D eigenvalue weighted by Gasteiger charge is -2.15. The molecular weight excluding hydrogens is 271 g/mol. The van der Waals surface area contributed by atoms with Gasteiger partial charge in [0, 0.05) is 24.7 Å². The minimum Gasteiger partial charge on any atom is -0.491 e. The summed E-state index contributed by atoms with van der Waals surface area (Å²) in [5.41, 5.74) is 0.712. The zero-order valence-corrected chi connectivity index (χ0v) is 12.1. The highest BCUT2D eigenvalue weighted by Gasteiger charge is 2.15. The van der Waals surface area contributed by atoms with Gasteiger partial charge in [0.25, 0.3) is 0 Å². The van der Waals surface area contributed by atoms with Crippen LogP contribution in [-0.4, -0.2) is 21.4 Å². The summed E-state index contributed by atoms with van der Waals surface area (Å²) in [6.45, 7) is 3.80. The Labute approximate surface area is 123 Å². The Morgan fingerprint density at radius 3 is 3.05 bits per heavy atom. The van der Waals surface area contributed by atoms with Crippen molar-refractivity contribution < 1.29 is 9.13 Å². The van der Waals surface area contributed by atoms with Crippen LogP contribution in [0.4, 0.5) is 10.1 Å². The van der Waals surface area contributed by atoms with Gasteiger partial charge in [-0.1, -0.05) is 0 Å². The fraction of sp³-hybridized carbons (Fsp3) is 0.467. The van der Waals surface area contributed by atoms with E-state index >= 15 is 0 Å². The number of benzene rings is 1. The first-order valence-corrected chi connectivity index (χ1v) is 7.35. The molecule has 0 aliphatic carbocycles. The van der Waals surface area contributed by atoms with E-state index in [0.29, 0.717) is 18.8 Å². The molecule has 5 nitrogen and oxygen atoms in total. The molecule has 1 aliphatic heterocycles. The van der Waals surface area contributed by atoms with Crippen LogP contribution in [0, 0.1) is 5.82 Å². The molecule has 0 saturated heterocycles. The molecule has 6 heteroatoms. The molecule has 0 spiro atoms. The normalized spacial score (nSPS) is 13.8. The zero-order chi connectivity index (χ0) is 14.7. The van der Waals surface area contributed by atoms with Gasteiger partial charge in [-0.2, -0.15) is 0 Å². The second-order valence-corrected chi connectivity index (χ2v) is 5.07. The Morgan fingerprint density at radius 2 is 2.24 bits per heavy atom. The van der Waals surface area contributed by atoms with Crippen LogP contribution in [-0.2, 0) is 19.5 Å². The van der Waals surface area contributed by atoms with Crippen molar-refractivity contribution in [2.75, 3.05) is 11.9 Å². The molecule has 21 heavy (non-hydrogen) atoms. The summed E-state index contributed by atoms with van der Waals surface area (Å²) in [5, 5.41) is 11.6. The van der Waals surface area contributed by atoms with E-state index < -0.39 is 0 Å². The topological polar surface area (TPSA) is 52.0 Å². The largest absolute Gasteiger partial charge is 0.491 e. The summed E-state index contributed by atoms with van der Waals surface area (Å²) in [5.74, 6) is 1.88. The molecule has 0 atom stereocenters. The van der Waals surface area contributed by atoms with Gasteiger partial charge in [-0.05, 0) is 31.9 Å². The second kappa shape index (κ2) is 6.11. The average Bonchev–Trinajstić information content (AvgIpc) is 2.91. The maximum absolute atomic E-state index is 13.8. The fourth-order valence-electron chi connectivity index (χ4n) is 2.56. The maximum atomic E-state index is 13.8. The van der Waals surface area contributed by atoms with E-state index in [1.807, 2.05) is 13.0 Å². The Bertz CT molecular complexity index is 626. The number of nitrogens with zero attached hydrogens (tertiary/aromatic N) is 3. The number of halogens is 1. The van der Waals surface area contributed by atoms with Crippen LogP contribution in [0.1, 0.15) is 31.4 Å². The summed E-state index contributed by atoms with van der Waals surface area (Å²) in [6, 6.07) is 4.89. The van der Waals surface area contributed by atoms with Gasteiger partial charge in [0.15, 0.2) is 17.4 Å². The standard InChI is InChI=1S/C15H19FN4O/c1-2-21-13-7-6-11(9-12(13)16)17-10-15-19-18-14-5-3-4-8-20(14)15/h6-7,9,17H,2-5,8,10H2,1H3. The van der Waals surface area contributed by atoms with Crippen molar-refractivity contribution in [3.8, 4) is 5.75 Å². The van der Waals surface area contributed by atoms with Crippen molar-refractivity contribution in [1.29, 1.82) is 0 Å². The third-order valence-corrected chi connectivity index (χ3v) is 3.62. The number of rotatable bonds is 5. The molecule has 0 bridgehead atoms. The van der Waals surface area contributed by atoms with Crippen LogP contribution in [0.3, 0.4) is 0 Å². The maximum Gasteiger partial charge on any atom is 0.167 e. The van der Waals surface area contributed by atoms with Crippen molar-refractivity contribution in [2.45, 2.75) is 39.3 Å². The average molecular weight is 290 g/mol. The number of nitrogens with one attached hydrogen (secondary N) is 1. The summed E-state index contributed by atoms with van der Waals surface area (Å²) >= 11 is 0. The van der Waals surface area contributed by atoms with Gasteiger partial charge < -0.3 is 14.6 Å². The molecule has 1 aliphatic rings. The molecule has 2 heterocycles. The molecule has 1 N–H and O–H groups in total. The number of hydrogen-bond donors (Lipinski definition) is 1. The summed E-state index contributed by atoms with van der Waals surface area (Å²) in [7, 11) is 0. The highest BCUT2D eigenvalue weighted by atomic mass is 19.1. The second-order valence-electron chi connectivity index (χ2n) is 5.07. The minimum atomic E-state index is -0.356. The number of anilines is 1. The molecule has 1 aromatic heterocycles. The third kappa shape index (κ3) is 2.99. The lowest BCUT2D eigenvalue weighted by Crippen LogP contribution is -2.15. The minimum absolute atomic E-state index is 0.280. The number of aromatic nitrogens is 3. The lowest BCUT2D eigenvalue weighted by molar-refractivity contribution is 0.321. The monoisotopic (exact) mass is 290 g/mol. The van der Waals surface area contributed by atoms with Crippen LogP contribution in [0.25, 0.3) is 0 Å². The van der Waals surface area contributed by atoms with E-state index in [1.54, 1.807) is 6.07 Å². The van der Waals surface area contributed by atoms with Crippen molar-refractivity contribution in [3.63, 3.8) is 0 Å². The van der Waals surface area contributed by atoms with Gasteiger partial charge in [-0.3, -0.25) is 0 Å². The molecule has 2 aromatic rings. The SMILES string of the molecule is CCOc1ccc(NCc2nnc3n2CCCC3)cc1F. The van der Waals surface area contributed by atoms with Gasteiger partial charge in [0.2, 0.25) is 0 Å². The Hall–Kier alpha value is -2.11. The van der Waals surface area contributed by atoms with Gasteiger partial charge in [0.05, 0.1) is 13.2 Å². The first-order valence-electron chi connectivity index (χ1n) is 7.35. The van der Waals surface area contributed by atoms with Crippen molar-refractivity contribution >= 4 is 5.69 Å². The van der Waals surface area contributed by atoms with E-state index in [-0.39, 0.29) is 11.6 Å². The highest BCUT2D eigenvalue weighted by molar-refractivity contribution is 5.47. The molecule has 3 rings (SSSR count). The summed E-state index contributed by atoms with van der Waals surface area (Å²) in [6.07, 6.45) is 3.33. The molecule has 112 valence electrons. The number of aryl methyl sites for hydroxylation is 1. The van der Waals surface area contributed by atoms with Gasteiger partial charge >= 0.3 is 0 Å². The molecule has 0 fully saturated rings. The van der Waals surface area contributed by atoms with E-state index in [9.17, 15) is 4.39 Å². The Morgan fingerprint density at radius 1 is 1.33 bits per heavy atom. The number of hydrogen-bond acceptors (Lipinski definition) is 4. The van der Waals surface area contributed by atoms with Gasteiger partial charge in [-0.25, -0.2) is 4.39 Å². The van der Waals surface area contributed by atoms with Crippen molar-refractivity contribution in [2.24, 2.45) is 0 Å². The van der Waals surface area contributed by atoms with E-state index in [1.165, 1.54) is 12.5 Å². The van der Waals surface area contributed by atoms with E-state index in [4.69, 9.17) is 4.74 Å². The fourth-order valence-corrected chi connectivity index (χ4v) is 2.56. The summed E-state index contributed by atoms with van der Waals surface area (Å²) in [4.78, 5) is 0. The van der Waals surface area contributed by atoms with Crippen LogP contribution < -0.4 is 10.1 Å². The van der Waals surface area contributed by atoms with E-state index in [2.05, 4.69) is 20.1 Å². The predicted molar refractivity (Wildman–Crippen MR) is 77.9 cm³/mol. The number of ether oxygens (including phenoxy) is 1. The van der Waals surface area contributed by atoms with E-state index in [0.717, 1.165) is 31.0 Å². The lowest BCUT2D eigenvalue weighted by atomic mass is 10.2. The number of fused-ring (bicyclic) bond motifs is 1. The molecule has 1 aromatic carbocycles. The highest BCUT2D eigenvalue weighted by Crippen LogP contribution is 2.22. The molecular formula is C15H19FN4O. The quantitative estimate of drug-likeness (QED) is 0.920. The predicted octanol–water partition coefficient (Wildman–Crippen LogP) is 2.76. The van der Waals surface area contributed by atoms with Gasteiger partial charge in [0.1, 0.15) is 5.82 Å². The van der Waals surface area contributed by atoms with Gasteiger partial charge in [-0.15, -0.1) is 10.2 Å². The first-order chi connectivity index (χ1) is 10.3. The molecule has 0 unspecified atom stereocenters. The molecule has 0 radical (unpaired) electrons. The molecule has 0 amide bonds. The Balaban J connectivity index is 1.67. The zero-order valence-electron chi connectivity index (χ0n) is 12.1. The van der Waals surface area contributed by atoms with Crippen LogP contribution >= 0.6 is 0 Å². The van der Waals surface area contributed by atoms with Crippen molar-refractivity contribution in [3.05, 3.63) is 35.7 Å². The smallest absolute Gasteiger partial charge is 0.167 e. The third-order valence-electron chi connectivity index (χ3n) is 3.62. The molecule has 0 saturated carbocycles. The first kappa shape index (κ1) is 13.9. The Kier molecular flexibility index (Phi) is 4.03. The summed E-state index contributed by atoms with van der Waals surface area (Å²) < 4.78 is 21.1. The van der Waals surface area contributed by atoms with Crippen LogP contribution in [0.2, 0.25) is 0 Å². The van der Waals surface area contributed by atoms with Crippen LogP contribution in [0.15, 0.2) is 18.2 Å².